The topological polar surface area (TPSA) is 122 Å². The summed E-state index contributed by atoms with van der Waals surface area (Å²) in [6.07, 6.45) is -4.90. The summed E-state index contributed by atoms with van der Waals surface area (Å²) >= 11 is 11.7. The Morgan fingerprint density at radius 1 is 1.36 bits per heavy atom. The maximum absolute atomic E-state index is 11.6. The van der Waals surface area contributed by atoms with Crippen LogP contribution in [0.4, 0.5) is 0 Å². The van der Waals surface area contributed by atoms with Gasteiger partial charge in [-0.15, -0.1) is 5.10 Å². The number of hydrogen-bond donors (Lipinski definition) is 4. The summed E-state index contributed by atoms with van der Waals surface area (Å²) in [6.45, 7) is 0.750. The maximum atomic E-state index is 11.6. The molecule has 152 valence electrons. The van der Waals surface area contributed by atoms with Crippen LogP contribution in [0.2, 0.25) is 5.02 Å². The lowest BCUT2D eigenvalue weighted by atomic mass is 9.96. The standard InChI is InChI=1S/C17H21ClN4O5S/c1-8(24)19-12-14(26)13(25)11(7-23)27-16(12)22-17(28)21(2)15(20-22)9-5-3-4-6-10(9)18/h3-6,11-14,16,23,25-26H,7H2,1-2H3,(H,19,24)/t11-,12-,13-,14-,16-/m1/s1. The molecule has 3 rings (SSSR count). The van der Waals surface area contributed by atoms with Crippen LogP contribution < -0.4 is 5.32 Å². The SMILES string of the molecule is CC(=O)N[C@@H]1[C@@H](O)[C@H](O)[C@@H](CO)O[C@H]1n1nc(-c2ccccc2Cl)n(C)c1=S. The molecule has 0 unspecified atom stereocenters. The van der Waals surface area contributed by atoms with Gasteiger partial charge in [0, 0.05) is 19.5 Å². The zero-order valence-electron chi connectivity index (χ0n) is 15.2. The Balaban J connectivity index is 2.09. The Bertz CT molecular complexity index is 933. The number of carbonyl (C=O) groups excluding carboxylic acids is 1. The quantitative estimate of drug-likeness (QED) is 0.519. The van der Waals surface area contributed by atoms with E-state index in [1.807, 2.05) is 6.07 Å². The third-order valence-electron chi connectivity index (χ3n) is 4.63. The van der Waals surface area contributed by atoms with Gasteiger partial charge in [0.05, 0.1) is 11.6 Å². The molecular weight excluding hydrogens is 408 g/mol. The van der Waals surface area contributed by atoms with Gasteiger partial charge in [-0.3, -0.25) is 4.79 Å². The summed E-state index contributed by atoms with van der Waals surface area (Å²) in [6, 6.07) is 6.07. The highest BCUT2D eigenvalue weighted by molar-refractivity contribution is 7.71. The Kier molecular flexibility index (Phi) is 6.18. The molecule has 4 N–H and O–H groups in total. The zero-order valence-corrected chi connectivity index (χ0v) is 16.8. The van der Waals surface area contributed by atoms with E-state index < -0.39 is 43.1 Å². The average molecular weight is 429 g/mol. The van der Waals surface area contributed by atoms with Gasteiger partial charge in [-0.05, 0) is 24.4 Å². The molecule has 1 saturated heterocycles. The van der Waals surface area contributed by atoms with E-state index in [0.29, 0.717) is 16.4 Å². The Morgan fingerprint density at radius 3 is 2.64 bits per heavy atom. The number of rotatable bonds is 4. The van der Waals surface area contributed by atoms with E-state index in [1.54, 1.807) is 29.8 Å². The predicted octanol–water partition coefficient (Wildman–Crippen LogP) is 0.388. The second-order valence-corrected chi connectivity index (χ2v) is 7.32. The van der Waals surface area contributed by atoms with E-state index in [9.17, 15) is 20.1 Å². The van der Waals surface area contributed by atoms with E-state index in [-0.39, 0.29) is 4.77 Å². The minimum atomic E-state index is -1.40. The molecule has 1 aliphatic heterocycles. The fraction of sp³-hybridized carbons (Fsp3) is 0.471. The molecule has 0 spiro atoms. The van der Waals surface area contributed by atoms with Crippen LogP contribution in [0.1, 0.15) is 13.2 Å². The maximum Gasteiger partial charge on any atom is 0.217 e. The van der Waals surface area contributed by atoms with Crippen LogP contribution in [-0.2, 0) is 16.6 Å². The highest BCUT2D eigenvalue weighted by Crippen LogP contribution is 2.31. The normalized spacial score (nSPS) is 27.6. The predicted molar refractivity (Wildman–Crippen MR) is 103 cm³/mol. The molecule has 2 heterocycles. The third-order valence-corrected chi connectivity index (χ3v) is 5.42. The van der Waals surface area contributed by atoms with Crippen LogP contribution in [0.3, 0.4) is 0 Å². The number of carbonyl (C=O) groups is 1. The van der Waals surface area contributed by atoms with Crippen molar-refractivity contribution in [2.75, 3.05) is 6.61 Å². The fourth-order valence-corrected chi connectivity index (χ4v) is 3.65. The van der Waals surface area contributed by atoms with Crippen LogP contribution >= 0.6 is 23.8 Å². The van der Waals surface area contributed by atoms with Crippen molar-refractivity contribution in [3.05, 3.63) is 34.1 Å². The van der Waals surface area contributed by atoms with Gasteiger partial charge in [-0.25, -0.2) is 4.68 Å². The van der Waals surface area contributed by atoms with Gasteiger partial charge < -0.3 is 29.9 Å². The van der Waals surface area contributed by atoms with Crippen molar-refractivity contribution < 1.29 is 24.9 Å². The van der Waals surface area contributed by atoms with Crippen LogP contribution in [0.15, 0.2) is 24.3 Å². The number of hydrogen-bond acceptors (Lipinski definition) is 7. The molecule has 1 aromatic heterocycles. The van der Waals surface area contributed by atoms with E-state index >= 15 is 0 Å². The molecule has 1 aliphatic rings. The minimum absolute atomic E-state index is 0.246. The molecule has 0 saturated carbocycles. The van der Waals surface area contributed by atoms with Crippen molar-refractivity contribution in [2.24, 2.45) is 7.05 Å². The van der Waals surface area contributed by atoms with Crippen molar-refractivity contribution in [2.45, 2.75) is 37.5 Å². The largest absolute Gasteiger partial charge is 0.394 e. The van der Waals surface area contributed by atoms with Gasteiger partial charge in [-0.1, -0.05) is 23.7 Å². The number of ether oxygens (including phenoxy) is 1. The van der Waals surface area contributed by atoms with Crippen molar-refractivity contribution in [1.82, 2.24) is 19.7 Å². The average Bonchev–Trinajstić information content (AvgIpc) is 2.95. The van der Waals surface area contributed by atoms with Crippen molar-refractivity contribution in [3.63, 3.8) is 0 Å². The number of amides is 1. The molecule has 0 radical (unpaired) electrons. The highest BCUT2D eigenvalue weighted by Gasteiger charge is 2.46. The van der Waals surface area contributed by atoms with Crippen LogP contribution in [0.5, 0.6) is 0 Å². The van der Waals surface area contributed by atoms with E-state index in [4.69, 9.17) is 28.6 Å². The van der Waals surface area contributed by atoms with Gasteiger partial charge in [0.2, 0.25) is 5.91 Å². The zero-order chi connectivity index (χ0) is 20.6. The monoisotopic (exact) mass is 428 g/mol. The second-order valence-electron chi connectivity index (χ2n) is 6.54. The van der Waals surface area contributed by atoms with E-state index in [0.717, 1.165) is 0 Å². The molecule has 1 aromatic carbocycles. The molecule has 1 fully saturated rings. The lowest BCUT2D eigenvalue weighted by Crippen LogP contribution is -2.62. The minimum Gasteiger partial charge on any atom is -0.394 e. The summed E-state index contributed by atoms with van der Waals surface area (Å²) in [5.74, 6) is 0.0306. The number of aromatic nitrogens is 3. The van der Waals surface area contributed by atoms with Crippen LogP contribution in [-0.4, -0.2) is 66.5 Å². The lowest BCUT2D eigenvalue weighted by molar-refractivity contribution is -0.219. The first-order valence-electron chi connectivity index (χ1n) is 8.56. The molecular formula is C17H21ClN4O5S. The molecule has 11 heteroatoms. The molecule has 0 aliphatic carbocycles. The fourth-order valence-electron chi connectivity index (χ4n) is 3.20. The van der Waals surface area contributed by atoms with E-state index in [1.165, 1.54) is 11.6 Å². The van der Waals surface area contributed by atoms with Gasteiger partial charge >= 0.3 is 0 Å². The highest BCUT2D eigenvalue weighted by atomic mass is 35.5. The third kappa shape index (κ3) is 3.71. The molecule has 2 aromatic rings. The van der Waals surface area contributed by atoms with Gasteiger partial charge in [0.25, 0.3) is 0 Å². The van der Waals surface area contributed by atoms with Crippen LogP contribution in [0.25, 0.3) is 11.4 Å². The smallest absolute Gasteiger partial charge is 0.217 e. The van der Waals surface area contributed by atoms with Gasteiger partial charge in [0.1, 0.15) is 24.4 Å². The number of halogens is 1. The number of benzene rings is 1. The van der Waals surface area contributed by atoms with Crippen molar-refractivity contribution in [3.8, 4) is 11.4 Å². The number of aliphatic hydroxyl groups is 3. The lowest BCUT2D eigenvalue weighted by Gasteiger charge is -2.42. The Hall–Kier alpha value is -1.82. The summed E-state index contributed by atoms with van der Waals surface area (Å²) < 4.78 is 8.94. The number of aliphatic hydroxyl groups excluding tert-OH is 3. The summed E-state index contributed by atoms with van der Waals surface area (Å²) in [4.78, 5) is 11.6. The number of nitrogens with one attached hydrogen (secondary N) is 1. The molecule has 5 atom stereocenters. The molecule has 28 heavy (non-hydrogen) atoms. The summed E-state index contributed by atoms with van der Waals surface area (Å²) in [7, 11) is 1.70. The van der Waals surface area contributed by atoms with Gasteiger partial charge in [-0.2, -0.15) is 0 Å². The molecule has 1 amide bonds. The van der Waals surface area contributed by atoms with Crippen LogP contribution in [0, 0.1) is 4.77 Å². The van der Waals surface area contributed by atoms with Crippen molar-refractivity contribution >= 4 is 29.7 Å². The first-order chi connectivity index (χ1) is 13.3. The molecule has 0 bridgehead atoms. The number of nitrogens with zero attached hydrogens (tertiary/aromatic N) is 3. The Morgan fingerprint density at radius 2 is 2.04 bits per heavy atom. The Labute approximate surface area is 171 Å². The second kappa shape index (κ2) is 8.27. The van der Waals surface area contributed by atoms with Gasteiger partial charge in [0.15, 0.2) is 16.8 Å². The first-order valence-corrected chi connectivity index (χ1v) is 9.34. The van der Waals surface area contributed by atoms with Crippen molar-refractivity contribution in [1.29, 1.82) is 0 Å². The summed E-state index contributed by atoms with van der Waals surface area (Å²) in [5, 5.41) is 37.7. The first kappa shape index (κ1) is 20.9. The summed E-state index contributed by atoms with van der Waals surface area (Å²) in [5.41, 5.74) is 0.641. The molecule has 9 nitrogen and oxygen atoms in total. The van der Waals surface area contributed by atoms with E-state index in [2.05, 4.69) is 10.4 Å².